The summed E-state index contributed by atoms with van der Waals surface area (Å²) in [4.78, 5) is 26.6. The van der Waals surface area contributed by atoms with Crippen LogP contribution >= 0.6 is 11.3 Å². The SMILES string of the molecule is CCCc1cc2c(N3CCn4c(nnc4C(F)(F)F)C3)nc(N3CCC[C@@H]3C(=O)O)nc2s1. The van der Waals surface area contributed by atoms with E-state index in [9.17, 15) is 23.1 Å². The lowest BCUT2D eigenvalue weighted by molar-refractivity contribution is -0.147. The third-order valence-electron chi connectivity index (χ3n) is 6.01. The molecule has 176 valence electrons. The molecule has 5 heterocycles. The highest BCUT2D eigenvalue weighted by molar-refractivity contribution is 7.18. The molecule has 1 saturated heterocycles. The summed E-state index contributed by atoms with van der Waals surface area (Å²) in [5.74, 6) is -0.757. The first-order chi connectivity index (χ1) is 15.8. The molecular formula is C20H22F3N7O2S. The maximum Gasteiger partial charge on any atom is 0.451 e. The van der Waals surface area contributed by atoms with Crippen molar-refractivity contribution < 1.29 is 23.1 Å². The summed E-state index contributed by atoms with van der Waals surface area (Å²) in [5.41, 5.74) is 0. The van der Waals surface area contributed by atoms with Crippen molar-refractivity contribution in [1.29, 1.82) is 0 Å². The van der Waals surface area contributed by atoms with Gasteiger partial charge in [0.25, 0.3) is 0 Å². The Kier molecular flexibility index (Phi) is 5.38. The van der Waals surface area contributed by atoms with Gasteiger partial charge in [0, 0.05) is 24.5 Å². The number of thiophene rings is 1. The van der Waals surface area contributed by atoms with E-state index in [4.69, 9.17) is 9.97 Å². The summed E-state index contributed by atoms with van der Waals surface area (Å²) in [6.45, 7) is 3.11. The van der Waals surface area contributed by atoms with Crippen molar-refractivity contribution >= 4 is 39.3 Å². The zero-order valence-electron chi connectivity index (χ0n) is 17.8. The summed E-state index contributed by atoms with van der Waals surface area (Å²) < 4.78 is 40.8. The molecule has 33 heavy (non-hydrogen) atoms. The number of aryl methyl sites for hydroxylation is 1. The molecule has 0 saturated carbocycles. The van der Waals surface area contributed by atoms with Gasteiger partial charge in [0.15, 0.2) is 5.82 Å². The molecule has 0 amide bonds. The van der Waals surface area contributed by atoms with Crippen LogP contribution in [0, 0.1) is 0 Å². The third-order valence-corrected chi connectivity index (χ3v) is 7.10. The Morgan fingerprint density at radius 2 is 2.06 bits per heavy atom. The molecule has 2 aliphatic rings. The summed E-state index contributed by atoms with van der Waals surface area (Å²) in [6.07, 6.45) is -1.48. The van der Waals surface area contributed by atoms with Crippen LogP contribution in [0.15, 0.2) is 6.07 Å². The number of aromatic nitrogens is 5. The van der Waals surface area contributed by atoms with E-state index in [-0.39, 0.29) is 18.9 Å². The third kappa shape index (κ3) is 3.87. The Bertz CT molecular complexity index is 1210. The molecule has 1 fully saturated rings. The second kappa shape index (κ2) is 8.12. The summed E-state index contributed by atoms with van der Waals surface area (Å²) in [5, 5.41) is 17.6. The largest absolute Gasteiger partial charge is 0.480 e. The van der Waals surface area contributed by atoms with E-state index < -0.39 is 24.0 Å². The van der Waals surface area contributed by atoms with E-state index in [0.29, 0.717) is 31.3 Å². The molecule has 9 nitrogen and oxygen atoms in total. The first-order valence-electron chi connectivity index (χ1n) is 10.8. The van der Waals surface area contributed by atoms with Crippen molar-refractivity contribution in [3.63, 3.8) is 0 Å². The molecule has 0 radical (unpaired) electrons. The fraction of sp³-hybridized carbons (Fsp3) is 0.550. The smallest absolute Gasteiger partial charge is 0.451 e. The highest BCUT2D eigenvalue weighted by Gasteiger charge is 2.40. The normalized spacial score (nSPS) is 18.8. The maximum atomic E-state index is 13.2. The highest BCUT2D eigenvalue weighted by Crippen LogP contribution is 2.37. The van der Waals surface area contributed by atoms with Crippen molar-refractivity contribution in [1.82, 2.24) is 24.7 Å². The van der Waals surface area contributed by atoms with Crippen LogP contribution in [0.2, 0.25) is 0 Å². The van der Waals surface area contributed by atoms with E-state index in [1.54, 1.807) is 16.2 Å². The number of aliphatic carboxylic acids is 1. The van der Waals surface area contributed by atoms with Gasteiger partial charge in [-0.3, -0.25) is 0 Å². The summed E-state index contributed by atoms with van der Waals surface area (Å²) >= 11 is 1.54. The van der Waals surface area contributed by atoms with Crippen LogP contribution in [0.3, 0.4) is 0 Å². The Labute approximate surface area is 190 Å². The van der Waals surface area contributed by atoms with Crippen molar-refractivity contribution in [3.05, 3.63) is 22.6 Å². The molecule has 1 atom stereocenters. The number of hydrogen-bond donors (Lipinski definition) is 1. The van der Waals surface area contributed by atoms with Crippen LogP contribution in [0.1, 0.15) is 42.7 Å². The lowest BCUT2D eigenvalue weighted by Gasteiger charge is -2.30. The van der Waals surface area contributed by atoms with Gasteiger partial charge in [0.1, 0.15) is 16.7 Å². The molecule has 1 N–H and O–H groups in total. The minimum atomic E-state index is -4.56. The predicted molar refractivity (Wildman–Crippen MR) is 115 cm³/mol. The first-order valence-corrected chi connectivity index (χ1v) is 11.6. The Balaban J connectivity index is 1.56. The van der Waals surface area contributed by atoms with Gasteiger partial charge < -0.3 is 19.5 Å². The topological polar surface area (TPSA) is 100 Å². The number of halogens is 3. The van der Waals surface area contributed by atoms with Crippen molar-refractivity contribution in [2.24, 2.45) is 0 Å². The molecule has 5 rings (SSSR count). The molecule has 13 heteroatoms. The molecule has 0 aliphatic carbocycles. The number of anilines is 2. The maximum absolute atomic E-state index is 13.2. The first kappa shape index (κ1) is 21.9. The van der Waals surface area contributed by atoms with Crippen molar-refractivity contribution in [2.45, 2.75) is 57.9 Å². The van der Waals surface area contributed by atoms with Crippen molar-refractivity contribution in [3.8, 4) is 0 Å². The van der Waals surface area contributed by atoms with Gasteiger partial charge in [-0.2, -0.15) is 18.2 Å². The number of carboxylic acid groups (broad SMARTS) is 1. The van der Waals surface area contributed by atoms with E-state index in [0.717, 1.165) is 38.9 Å². The van der Waals surface area contributed by atoms with E-state index in [2.05, 4.69) is 17.1 Å². The highest BCUT2D eigenvalue weighted by atomic mass is 32.1. The van der Waals surface area contributed by atoms with E-state index in [1.807, 2.05) is 11.0 Å². The van der Waals surface area contributed by atoms with Gasteiger partial charge >= 0.3 is 12.1 Å². The van der Waals surface area contributed by atoms with Gasteiger partial charge in [-0.1, -0.05) is 13.3 Å². The molecule has 3 aromatic rings. The Hall–Kier alpha value is -2.96. The lowest BCUT2D eigenvalue weighted by atomic mass is 10.2. The standard InChI is InChI=1S/C20H22F3N7O2S/c1-2-4-11-9-12-15(28-7-8-30-14(10-28)26-27-18(30)20(21,22)23)24-19(25-16(12)33-11)29-6-3-5-13(29)17(31)32/h9,13H,2-8,10H2,1H3,(H,31,32)/t13-/m1/s1. The van der Waals surface area contributed by atoms with Crippen LogP contribution < -0.4 is 9.80 Å². The van der Waals surface area contributed by atoms with E-state index >= 15 is 0 Å². The van der Waals surface area contributed by atoms with E-state index in [1.165, 1.54) is 0 Å². The number of hydrogen-bond acceptors (Lipinski definition) is 8. The van der Waals surface area contributed by atoms with Crippen LogP contribution in [-0.2, 0) is 30.5 Å². The monoisotopic (exact) mass is 481 g/mol. The quantitative estimate of drug-likeness (QED) is 0.593. The minimum absolute atomic E-state index is 0.0748. The summed E-state index contributed by atoms with van der Waals surface area (Å²) in [6, 6.07) is 1.34. The second-order valence-corrected chi connectivity index (χ2v) is 9.34. The number of alkyl halides is 3. The van der Waals surface area contributed by atoms with Crippen LogP contribution in [0.4, 0.5) is 24.9 Å². The zero-order valence-corrected chi connectivity index (χ0v) is 18.7. The number of fused-ring (bicyclic) bond motifs is 2. The Morgan fingerprint density at radius 3 is 2.79 bits per heavy atom. The van der Waals surface area contributed by atoms with Gasteiger partial charge in [-0.05, 0) is 25.3 Å². The van der Waals surface area contributed by atoms with Crippen LogP contribution in [-0.4, -0.2) is 54.9 Å². The van der Waals surface area contributed by atoms with Crippen LogP contribution in [0.5, 0.6) is 0 Å². The number of carboxylic acids is 1. The Morgan fingerprint density at radius 1 is 1.24 bits per heavy atom. The second-order valence-electron chi connectivity index (χ2n) is 8.23. The van der Waals surface area contributed by atoms with Gasteiger partial charge in [-0.15, -0.1) is 21.5 Å². The number of rotatable bonds is 5. The summed E-state index contributed by atoms with van der Waals surface area (Å²) in [7, 11) is 0. The molecule has 0 bridgehead atoms. The molecular weight excluding hydrogens is 459 g/mol. The number of nitrogens with zero attached hydrogens (tertiary/aromatic N) is 7. The van der Waals surface area contributed by atoms with Crippen LogP contribution in [0.25, 0.3) is 10.2 Å². The fourth-order valence-electron chi connectivity index (χ4n) is 4.50. The minimum Gasteiger partial charge on any atom is -0.480 e. The van der Waals surface area contributed by atoms with Gasteiger partial charge in [0.05, 0.1) is 11.9 Å². The lowest BCUT2D eigenvalue weighted by Crippen LogP contribution is -2.38. The van der Waals surface area contributed by atoms with Gasteiger partial charge in [-0.25, -0.2) is 9.78 Å². The number of carbonyl (C=O) groups is 1. The zero-order chi connectivity index (χ0) is 23.3. The van der Waals surface area contributed by atoms with Gasteiger partial charge in [0.2, 0.25) is 11.8 Å². The van der Waals surface area contributed by atoms with Crippen molar-refractivity contribution in [2.75, 3.05) is 22.9 Å². The fourth-order valence-corrected chi connectivity index (χ4v) is 5.61. The molecule has 0 unspecified atom stereocenters. The molecule has 0 aromatic carbocycles. The predicted octanol–water partition coefficient (Wildman–Crippen LogP) is 3.33. The average molecular weight is 482 g/mol. The molecule has 3 aromatic heterocycles. The average Bonchev–Trinajstić information content (AvgIpc) is 3.49. The molecule has 0 spiro atoms. The molecule has 2 aliphatic heterocycles.